The van der Waals surface area contributed by atoms with Gasteiger partial charge in [0.1, 0.15) is 19.2 Å². The monoisotopic (exact) mass is 373 g/mol. The SMILES string of the molecule is CCCCC(=O)OC[C@@H]1CC[C@H](n2cnc3c(NCC4CC4)ncnc32)O1. The van der Waals surface area contributed by atoms with Crippen LogP contribution in [0.4, 0.5) is 5.82 Å². The van der Waals surface area contributed by atoms with E-state index in [9.17, 15) is 4.79 Å². The quantitative estimate of drug-likeness (QED) is 0.675. The Balaban J connectivity index is 1.36. The highest BCUT2D eigenvalue weighted by atomic mass is 16.6. The molecule has 27 heavy (non-hydrogen) atoms. The van der Waals surface area contributed by atoms with Crippen LogP contribution >= 0.6 is 0 Å². The van der Waals surface area contributed by atoms with Gasteiger partial charge in [0.05, 0.1) is 12.4 Å². The molecule has 2 atom stereocenters. The normalized spacial score (nSPS) is 22.3. The number of unbranched alkanes of at least 4 members (excludes halogenated alkanes) is 1. The zero-order valence-electron chi connectivity index (χ0n) is 15.8. The second kappa shape index (κ2) is 8.21. The van der Waals surface area contributed by atoms with Crippen LogP contribution in [0.3, 0.4) is 0 Å². The molecule has 0 radical (unpaired) electrons. The van der Waals surface area contributed by atoms with Crippen LogP contribution in [0, 0.1) is 5.92 Å². The predicted molar refractivity (Wildman–Crippen MR) is 100 cm³/mol. The molecule has 0 amide bonds. The van der Waals surface area contributed by atoms with E-state index >= 15 is 0 Å². The molecule has 2 aliphatic rings. The summed E-state index contributed by atoms with van der Waals surface area (Å²) >= 11 is 0. The highest BCUT2D eigenvalue weighted by Gasteiger charge is 2.29. The van der Waals surface area contributed by atoms with Crippen molar-refractivity contribution in [3.8, 4) is 0 Å². The van der Waals surface area contributed by atoms with Crippen molar-refractivity contribution < 1.29 is 14.3 Å². The largest absolute Gasteiger partial charge is 0.463 e. The van der Waals surface area contributed by atoms with Gasteiger partial charge >= 0.3 is 5.97 Å². The van der Waals surface area contributed by atoms with Crippen LogP contribution in [-0.2, 0) is 14.3 Å². The molecule has 1 saturated heterocycles. The molecule has 3 heterocycles. The van der Waals surface area contributed by atoms with Gasteiger partial charge in [0.2, 0.25) is 0 Å². The second-order valence-corrected chi connectivity index (χ2v) is 7.45. The van der Waals surface area contributed by atoms with Crippen molar-refractivity contribution >= 4 is 23.0 Å². The van der Waals surface area contributed by atoms with Gasteiger partial charge in [-0.3, -0.25) is 9.36 Å². The van der Waals surface area contributed by atoms with Crippen molar-refractivity contribution in [3.05, 3.63) is 12.7 Å². The van der Waals surface area contributed by atoms with Crippen LogP contribution in [0.5, 0.6) is 0 Å². The van der Waals surface area contributed by atoms with Gasteiger partial charge < -0.3 is 14.8 Å². The lowest BCUT2D eigenvalue weighted by Gasteiger charge is -2.15. The molecule has 1 aliphatic carbocycles. The number of carbonyl (C=O) groups excluding carboxylic acids is 1. The van der Waals surface area contributed by atoms with Crippen LogP contribution in [-0.4, -0.2) is 44.7 Å². The minimum atomic E-state index is -0.142. The Bertz CT molecular complexity index is 789. The second-order valence-electron chi connectivity index (χ2n) is 7.45. The summed E-state index contributed by atoms with van der Waals surface area (Å²) in [5, 5.41) is 3.39. The van der Waals surface area contributed by atoms with E-state index in [1.807, 2.05) is 4.57 Å². The Morgan fingerprint density at radius 3 is 3.00 bits per heavy atom. The zero-order chi connectivity index (χ0) is 18.6. The number of ether oxygens (including phenoxy) is 2. The maximum atomic E-state index is 11.7. The molecular formula is C19H27N5O3. The van der Waals surface area contributed by atoms with Gasteiger partial charge in [0.25, 0.3) is 0 Å². The molecule has 8 heteroatoms. The lowest BCUT2D eigenvalue weighted by molar-refractivity contribution is -0.148. The molecule has 2 aromatic heterocycles. The van der Waals surface area contributed by atoms with Crippen molar-refractivity contribution in [2.75, 3.05) is 18.5 Å². The molecule has 1 saturated carbocycles. The van der Waals surface area contributed by atoms with Gasteiger partial charge in [-0.2, -0.15) is 0 Å². The molecule has 8 nitrogen and oxygen atoms in total. The van der Waals surface area contributed by atoms with Crippen molar-refractivity contribution in [3.63, 3.8) is 0 Å². The summed E-state index contributed by atoms with van der Waals surface area (Å²) in [5.41, 5.74) is 1.55. The van der Waals surface area contributed by atoms with E-state index in [0.717, 1.165) is 55.1 Å². The number of fused-ring (bicyclic) bond motifs is 1. The van der Waals surface area contributed by atoms with Crippen LogP contribution in [0.2, 0.25) is 0 Å². The summed E-state index contributed by atoms with van der Waals surface area (Å²) in [6, 6.07) is 0. The van der Waals surface area contributed by atoms with Crippen molar-refractivity contribution in [2.45, 2.75) is 64.2 Å². The minimum Gasteiger partial charge on any atom is -0.463 e. The first-order chi connectivity index (χ1) is 13.2. The molecule has 146 valence electrons. The van der Waals surface area contributed by atoms with Crippen molar-refractivity contribution in [1.82, 2.24) is 19.5 Å². The van der Waals surface area contributed by atoms with Gasteiger partial charge in [0.15, 0.2) is 17.0 Å². The smallest absolute Gasteiger partial charge is 0.305 e. The number of nitrogens with one attached hydrogen (secondary N) is 1. The van der Waals surface area contributed by atoms with Crippen LogP contribution in [0.15, 0.2) is 12.7 Å². The molecule has 2 aromatic rings. The van der Waals surface area contributed by atoms with E-state index < -0.39 is 0 Å². The lowest BCUT2D eigenvalue weighted by Crippen LogP contribution is -2.19. The van der Waals surface area contributed by atoms with Crippen LogP contribution in [0.1, 0.15) is 58.1 Å². The van der Waals surface area contributed by atoms with Crippen LogP contribution < -0.4 is 5.32 Å². The highest BCUT2D eigenvalue weighted by molar-refractivity contribution is 5.82. The van der Waals surface area contributed by atoms with Gasteiger partial charge in [-0.15, -0.1) is 0 Å². The van der Waals surface area contributed by atoms with Crippen molar-refractivity contribution in [2.24, 2.45) is 5.92 Å². The average molecular weight is 373 g/mol. The molecule has 1 aliphatic heterocycles. The Hall–Kier alpha value is -2.22. The third-order valence-corrected chi connectivity index (χ3v) is 5.17. The fourth-order valence-electron chi connectivity index (χ4n) is 3.35. The van der Waals surface area contributed by atoms with Gasteiger partial charge in [-0.05, 0) is 38.0 Å². The summed E-state index contributed by atoms with van der Waals surface area (Å²) in [5.74, 6) is 1.40. The number of aromatic nitrogens is 4. The van der Waals surface area contributed by atoms with E-state index in [1.54, 1.807) is 12.7 Å². The lowest BCUT2D eigenvalue weighted by atomic mass is 10.2. The maximum Gasteiger partial charge on any atom is 0.305 e. The summed E-state index contributed by atoms with van der Waals surface area (Å²) < 4.78 is 13.4. The third-order valence-electron chi connectivity index (χ3n) is 5.17. The molecule has 0 spiro atoms. The van der Waals surface area contributed by atoms with Crippen molar-refractivity contribution in [1.29, 1.82) is 0 Å². The predicted octanol–water partition coefficient (Wildman–Crippen LogP) is 3.06. The zero-order valence-corrected chi connectivity index (χ0v) is 15.8. The minimum absolute atomic E-state index is 0.0766. The number of hydrogen-bond acceptors (Lipinski definition) is 7. The standard InChI is InChI=1S/C19H27N5O3/c1-2-3-4-16(25)26-10-14-7-8-15(27-14)24-12-23-17-18(20-9-13-5-6-13)21-11-22-19(17)24/h11-15H,2-10H2,1H3,(H,20,21,22)/t14-,15+/m0/s1. The number of esters is 1. The topological polar surface area (TPSA) is 91.2 Å². The van der Waals surface area contributed by atoms with E-state index in [1.165, 1.54) is 12.8 Å². The molecule has 0 bridgehead atoms. The molecular weight excluding hydrogens is 346 g/mol. The average Bonchev–Trinajstić information content (AvgIpc) is 3.22. The number of imidazole rings is 1. The molecule has 1 N–H and O–H groups in total. The van der Waals surface area contributed by atoms with Crippen LogP contribution in [0.25, 0.3) is 11.2 Å². The third kappa shape index (κ3) is 4.37. The summed E-state index contributed by atoms with van der Waals surface area (Å²) in [4.78, 5) is 24.9. The number of hydrogen-bond donors (Lipinski definition) is 1. The first-order valence-corrected chi connectivity index (χ1v) is 9.97. The Kier molecular flexibility index (Phi) is 5.52. The number of rotatable bonds is 9. The number of anilines is 1. The number of carbonyl (C=O) groups is 1. The van der Waals surface area contributed by atoms with Gasteiger partial charge in [-0.1, -0.05) is 13.3 Å². The first kappa shape index (κ1) is 18.2. The Morgan fingerprint density at radius 2 is 2.19 bits per heavy atom. The fraction of sp³-hybridized carbons (Fsp3) is 0.684. The molecule has 2 fully saturated rings. The Labute approximate surface area is 158 Å². The summed E-state index contributed by atoms with van der Waals surface area (Å²) in [6.45, 7) is 3.31. The number of nitrogens with zero attached hydrogens (tertiary/aromatic N) is 4. The Morgan fingerprint density at radius 1 is 1.30 bits per heavy atom. The highest BCUT2D eigenvalue weighted by Crippen LogP contribution is 2.32. The first-order valence-electron chi connectivity index (χ1n) is 9.97. The molecule has 0 unspecified atom stereocenters. The van der Waals surface area contributed by atoms with E-state index in [0.29, 0.717) is 13.0 Å². The van der Waals surface area contributed by atoms with E-state index in [4.69, 9.17) is 9.47 Å². The van der Waals surface area contributed by atoms with E-state index in [2.05, 4.69) is 27.2 Å². The molecule has 4 rings (SSSR count). The molecule has 0 aromatic carbocycles. The summed E-state index contributed by atoms with van der Waals surface area (Å²) in [7, 11) is 0. The van der Waals surface area contributed by atoms with E-state index in [-0.39, 0.29) is 18.3 Å². The fourth-order valence-corrected chi connectivity index (χ4v) is 3.35. The van der Waals surface area contributed by atoms with Gasteiger partial charge in [0, 0.05) is 13.0 Å². The maximum absolute atomic E-state index is 11.7. The summed E-state index contributed by atoms with van der Waals surface area (Å²) in [6.07, 6.45) is 9.72. The van der Waals surface area contributed by atoms with Gasteiger partial charge in [-0.25, -0.2) is 15.0 Å².